The fourth-order valence-corrected chi connectivity index (χ4v) is 1.48. The van der Waals surface area contributed by atoms with Crippen molar-refractivity contribution in [3.63, 3.8) is 0 Å². The highest BCUT2D eigenvalue weighted by atomic mass is 35.5. The quantitative estimate of drug-likeness (QED) is 0.659. The van der Waals surface area contributed by atoms with Crippen LogP contribution >= 0.6 is 35.0 Å². The van der Waals surface area contributed by atoms with Crippen molar-refractivity contribution < 1.29 is 4.74 Å². The maximum atomic E-state index is 5.83. The smallest absolute Gasteiger partial charge is 0.143 e. The molecule has 5 heteroatoms. The summed E-state index contributed by atoms with van der Waals surface area (Å²) in [5, 5.41) is 0.904. The number of thioether (sulfide) groups is 1. The third-order valence-corrected chi connectivity index (χ3v) is 2.89. The zero-order valence-corrected chi connectivity index (χ0v) is 10.0. The molecule has 0 spiro atoms. The van der Waals surface area contributed by atoms with Gasteiger partial charge in [0.25, 0.3) is 0 Å². The molecule has 1 aromatic carbocycles. The van der Waals surface area contributed by atoms with Crippen molar-refractivity contribution in [2.24, 2.45) is 0 Å². The molecule has 2 N–H and O–H groups in total. The molecule has 0 fully saturated rings. The molecule has 0 saturated carbocycles. The van der Waals surface area contributed by atoms with E-state index in [9.17, 15) is 0 Å². The summed E-state index contributed by atoms with van der Waals surface area (Å²) in [5.74, 6) is 1.51. The summed E-state index contributed by atoms with van der Waals surface area (Å²) in [5.41, 5.74) is 6.21. The fourth-order valence-electron chi connectivity index (χ4n) is 0.904. The van der Waals surface area contributed by atoms with Crippen LogP contribution in [0.2, 0.25) is 10.0 Å². The first-order valence-electron chi connectivity index (χ1n) is 4.01. The Hall–Kier alpha value is -0.250. The molecule has 0 atom stereocenters. The van der Waals surface area contributed by atoms with Gasteiger partial charge in [-0.15, -0.1) is 0 Å². The molecule has 2 nitrogen and oxygen atoms in total. The molecule has 14 heavy (non-hydrogen) atoms. The van der Waals surface area contributed by atoms with Gasteiger partial charge < -0.3 is 10.5 Å². The molecule has 78 valence electrons. The summed E-state index contributed by atoms with van der Waals surface area (Å²) in [6, 6.07) is 3.23. The molecule has 0 aliphatic heterocycles. The molecule has 1 aromatic rings. The average Bonchev–Trinajstić information content (AvgIpc) is 2.14. The molecule has 0 saturated heterocycles. The maximum absolute atomic E-state index is 5.83. The van der Waals surface area contributed by atoms with E-state index in [0.717, 1.165) is 5.75 Å². The van der Waals surface area contributed by atoms with Gasteiger partial charge in [0.2, 0.25) is 0 Å². The lowest BCUT2D eigenvalue weighted by molar-refractivity contribution is 0.346. The van der Waals surface area contributed by atoms with Crippen LogP contribution in [0, 0.1) is 0 Å². The van der Waals surface area contributed by atoms with Crippen LogP contribution < -0.4 is 10.5 Å². The van der Waals surface area contributed by atoms with Crippen molar-refractivity contribution in [3.8, 4) is 5.75 Å². The largest absolute Gasteiger partial charge is 0.491 e. The SMILES string of the molecule is CSCCOc1cc(Cl)c(Cl)cc1N. The first-order valence-corrected chi connectivity index (χ1v) is 6.16. The van der Waals surface area contributed by atoms with Gasteiger partial charge in [-0.3, -0.25) is 0 Å². The lowest BCUT2D eigenvalue weighted by atomic mass is 10.3. The molecular weight excluding hydrogens is 241 g/mol. The number of anilines is 1. The second-order valence-electron chi connectivity index (χ2n) is 2.65. The van der Waals surface area contributed by atoms with Crippen molar-refractivity contribution >= 4 is 40.7 Å². The summed E-state index contributed by atoms with van der Waals surface area (Å²) in [6.45, 7) is 0.614. The van der Waals surface area contributed by atoms with Crippen molar-refractivity contribution in [2.75, 3.05) is 24.3 Å². The summed E-state index contributed by atoms with van der Waals surface area (Å²) in [4.78, 5) is 0. The van der Waals surface area contributed by atoms with Gasteiger partial charge in [-0.2, -0.15) is 11.8 Å². The number of benzene rings is 1. The van der Waals surface area contributed by atoms with E-state index in [-0.39, 0.29) is 0 Å². The van der Waals surface area contributed by atoms with Gasteiger partial charge in [-0.05, 0) is 12.3 Å². The van der Waals surface area contributed by atoms with Crippen molar-refractivity contribution in [2.45, 2.75) is 0 Å². The number of rotatable bonds is 4. The van der Waals surface area contributed by atoms with Crippen LogP contribution in [0.1, 0.15) is 0 Å². The van der Waals surface area contributed by atoms with Gasteiger partial charge >= 0.3 is 0 Å². The highest BCUT2D eigenvalue weighted by molar-refractivity contribution is 7.98. The van der Waals surface area contributed by atoms with E-state index in [2.05, 4.69) is 0 Å². The molecule has 0 aliphatic carbocycles. The highest BCUT2D eigenvalue weighted by Gasteiger charge is 2.05. The standard InChI is InChI=1S/C9H11Cl2NOS/c1-14-3-2-13-9-5-7(11)6(10)4-8(9)12/h4-5H,2-3,12H2,1H3. The number of halogens is 2. The van der Waals surface area contributed by atoms with Crippen LogP contribution in [-0.4, -0.2) is 18.6 Å². The van der Waals surface area contributed by atoms with Gasteiger partial charge in [0, 0.05) is 11.8 Å². The first kappa shape index (κ1) is 11.8. The predicted molar refractivity (Wildman–Crippen MR) is 64.8 cm³/mol. The number of hydrogen-bond donors (Lipinski definition) is 1. The monoisotopic (exact) mass is 251 g/mol. The minimum Gasteiger partial charge on any atom is -0.491 e. The summed E-state index contributed by atoms with van der Waals surface area (Å²) in [7, 11) is 0. The Bertz CT molecular complexity index is 320. The lowest BCUT2D eigenvalue weighted by Crippen LogP contribution is -2.02. The molecule has 0 aliphatic rings. The van der Waals surface area contributed by atoms with E-state index in [0.29, 0.717) is 28.1 Å². The zero-order chi connectivity index (χ0) is 10.6. The lowest BCUT2D eigenvalue weighted by Gasteiger charge is -2.09. The molecule has 0 amide bonds. The van der Waals surface area contributed by atoms with Gasteiger partial charge in [-0.25, -0.2) is 0 Å². The summed E-state index contributed by atoms with van der Waals surface area (Å²) >= 11 is 13.3. The van der Waals surface area contributed by atoms with E-state index in [1.54, 1.807) is 23.9 Å². The maximum Gasteiger partial charge on any atom is 0.143 e. The molecule has 1 rings (SSSR count). The topological polar surface area (TPSA) is 35.2 Å². The third kappa shape index (κ3) is 3.15. The summed E-state index contributed by atoms with van der Waals surface area (Å²) < 4.78 is 5.42. The number of nitrogens with two attached hydrogens (primary N) is 1. The van der Waals surface area contributed by atoms with E-state index < -0.39 is 0 Å². The Kier molecular flexibility index (Phi) is 4.72. The molecular formula is C9H11Cl2NOS. The van der Waals surface area contributed by atoms with Crippen LogP contribution in [0.25, 0.3) is 0 Å². The fraction of sp³-hybridized carbons (Fsp3) is 0.333. The highest BCUT2D eigenvalue weighted by Crippen LogP contribution is 2.32. The Morgan fingerprint density at radius 2 is 2.00 bits per heavy atom. The predicted octanol–water partition coefficient (Wildman–Crippen LogP) is 3.32. The molecule has 0 bridgehead atoms. The minimum atomic E-state index is 0.446. The Morgan fingerprint density at radius 1 is 1.36 bits per heavy atom. The molecule has 0 unspecified atom stereocenters. The van der Waals surface area contributed by atoms with Crippen LogP contribution in [0.3, 0.4) is 0 Å². The second kappa shape index (κ2) is 5.59. The molecule has 0 aromatic heterocycles. The van der Waals surface area contributed by atoms with Gasteiger partial charge in [-0.1, -0.05) is 23.2 Å². The normalized spacial score (nSPS) is 10.2. The minimum absolute atomic E-state index is 0.446. The van der Waals surface area contributed by atoms with Gasteiger partial charge in [0.05, 0.1) is 22.3 Å². The van der Waals surface area contributed by atoms with Crippen LogP contribution in [0.4, 0.5) is 5.69 Å². The van der Waals surface area contributed by atoms with Crippen LogP contribution in [-0.2, 0) is 0 Å². The second-order valence-corrected chi connectivity index (χ2v) is 4.45. The Balaban J connectivity index is 2.72. The van der Waals surface area contributed by atoms with Crippen molar-refractivity contribution in [3.05, 3.63) is 22.2 Å². The Labute approximate surface area is 97.7 Å². The van der Waals surface area contributed by atoms with Gasteiger partial charge in [0.1, 0.15) is 5.75 Å². The van der Waals surface area contributed by atoms with E-state index >= 15 is 0 Å². The van der Waals surface area contributed by atoms with Crippen LogP contribution in [0.5, 0.6) is 5.75 Å². The van der Waals surface area contributed by atoms with Crippen molar-refractivity contribution in [1.82, 2.24) is 0 Å². The van der Waals surface area contributed by atoms with E-state index in [1.165, 1.54) is 0 Å². The van der Waals surface area contributed by atoms with E-state index in [4.69, 9.17) is 33.7 Å². The summed E-state index contributed by atoms with van der Waals surface area (Å²) in [6.07, 6.45) is 2.02. The van der Waals surface area contributed by atoms with Crippen molar-refractivity contribution in [1.29, 1.82) is 0 Å². The zero-order valence-electron chi connectivity index (χ0n) is 7.72. The number of nitrogen functional groups attached to an aromatic ring is 1. The molecule has 0 radical (unpaired) electrons. The molecule has 0 heterocycles. The number of ether oxygens (including phenoxy) is 1. The first-order chi connectivity index (χ1) is 6.65. The average molecular weight is 252 g/mol. The third-order valence-electron chi connectivity index (χ3n) is 1.60. The number of hydrogen-bond acceptors (Lipinski definition) is 3. The Morgan fingerprint density at radius 3 is 2.64 bits per heavy atom. The van der Waals surface area contributed by atoms with E-state index in [1.807, 2.05) is 6.26 Å². The van der Waals surface area contributed by atoms with Gasteiger partial charge in [0.15, 0.2) is 0 Å². The van der Waals surface area contributed by atoms with Crippen LogP contribution in [0.15, 0.2) is 12.1 Å².